The monoisotopic (exact) mass is 299 g/mol. The molecule has 0 unspecified atom stereocenters. The molecule has 0 radical (unpaired) electrons. The van der Waals surface area contributed by atoms with Crippen LogP contribution in [0.4, 0.5) is 0 Å². The van der Waals surface area contributed by atoms with E-state index in [2.05, 4.69) is 5.32 Å². The summed E-state index contributed by atoms with van der Waals surface area (Å²) in [6, 6.07) is 0. The number of hydrogen-bond acceptors (Lipinski definition) is 4. The number of nitrogens with one attached hydrogen (secondary N) is 1. The molecule has 1 aliphatic rings. The topological polar surface area (TPSA) is 84.7 Å². The van der Waals surface area contributed by atoms with Gasteiger partial charge in [0.05, 0.1) is 13.2 Å². The number of nitrogens with two attached hydrogens (primary N) is 1. The van der Waals surface area contributed by atoms with E-state index in [1.807, 2.05) is 0 Å². The van der Waals surface area contributed by atoms with Gasteiger partial charge in [-0.25, -0.2) is 0 Å². The van der Waals surface area contributed by atoms with Crippen molar-refractivity contribution >= 4 is 11.8 Å². The van der Waals surface area contributed by atoms with Crippen LogP contribution in [0.5, 0.6) is 0 Å². The normalized spacial score (nSPS) is 17.3. The van der Waals surface area contributed by atoms with Gasteiger partial charge in [-0.3, -0.25) is 9.59 Å². The molecule has 0 spiro atoms. The SMILES string of the molecule is COCCNC(=O)CN(C)C(=O)CC1(CN)CCCCC1. The number of hydrogen-bond donors (Lipinski definition) is 2. The minimum absolute atomic E-state index is 0.00393. The number of methoxy groups -OCH3 is 1. The van der Waals surface area contributed by atoms with Crippen LogP contribution >= 0.6 is 0 Å². The fourth-order valence-electron chi connectivity index (χ4n) is 2.86. The molecular formula is C15H29N3O3. The fourth-order valence-corrected chi connectivity index (χ4v) is 2.86. The number of carbonyl (C=O) groups is 2. The van der Waals surface area contributed by atoms with Gasteiger partial charge in [0.25, 0.3) is 0 Å². The second kappa shape index (κ2) is 9.00. The van der Waals surface area contributed by atoms with Gasteiger partial charge in [0.1, 0.15) is 0 Å². The first-order valence-corrected chi connectivity index (χ1v) is 7.73. The Bertz CT molecular complexity index is 341. The molecule has 0 bridgehead atoms. The zero-order valence-corrected chi connectivity index (χ0v) is 13.3. The Morgan fingerprint density at radius 2 is 1.95 bits per heavy atom. The van der Waals surface area contributed by atoms with E-state index in [-0.39, 0.29) is 23.8 Å². The molecule has 0 aromatic rings. The summed E-state index contributed by atoms with van der Waals surface area (Å²) in [6.45, 7) is 1.57. The van der Waals surface area contributed by atoms with Gasteiger partial charge < -0.3 is 20.7 Å². The van der Waals surface area contributed by atoms with Crippen molar-refractivity contribution in [1.82, 2.24) is 10.2 Å². The maximum absolute atomic E-state index is 12.3. The molecule has 0 heterocycles. The number of carbonyl (C=O) groups excluding carboxylic acids is 2. The summed E-state index contributed by atoms with van der Waals surface area (Å²) < 4.78 is 4.86. The molecule has 0 saturated heterocycles. The highest BCUT2D eigenvalue weighted by molar-refractivity contribution is 5.84. The van der Waals surface area contributed by atoms with Gasteiger partial charge in [0, 0.05) is 27.1 Å². The van der Waals surface area contributed by atoms with Crippen LogP contribution in [0.15, 0.2) is 0 Å². The Morgan fingerprint density at radius 3 is 2.52 bits per heavy atom. The third-order valence-corrected chi connectivity index (χ3v) is 4.31. The van der Waals surface area contributed by atoms with E-state index >= 15 is 0 Å². The molecule has 3 N–H and O–H groups in total. The molecule has 0 aliphatic heterocycles. The van der Waals surface area contributed by atoms with Crippen molar-refractivity contribution in [3.63, 3.8) is 0 Å². The Hall–Kier alpha value is -1.14. The summed E-state index contributed by atoms with van der Waals surface area (Å²) >= 11 is 0. The van der Waals surface area contributed by atoms with E-state index in [1.165, 1.54) is 11.3 Å². The molecule has 21 heavy (non-hydrogen) atoms. The molecule has 1 rings (SSSR count). The first-order chi connectivity index (χ1) is 10.0. The molecule has 6 nitrogen and oxygen atoms in total. The van der Waals surface area contributed by atoms with Gasteiger partial charge in [0.2, 0.25) is 11.8 Å². The Kier molecular flexibility index (Phi) is 7.67. The molecule has 1 aliphatic carbocycles. The van der Waals surface area contributed by atoms with Crippen molar-refractivity contribution in [1.29, 1.82) is 0 Å². The van der Waals surface area contributed by atoms with Crippen molar-refractivity contribution in [2.45, 2.75) is 38.5 Å². The lowest BCUT2D eigenvalue weighted by Gasteiger charge is -2.36. The van der Waals surface area contributed by atoms with Crippen LogP contribution in [-0.4, -0.2) is 57.1 Å². The molecule has 6 heteroatoms. The van der Waals surface area contributed by atoms with Gasteiger partial charge in [-0.05, 0) is 24.8 Å². The van der Waals surface area contributed by atoms with Crippen LogP contribution in [0.3, 0.4) is 0 Å². The molecule has 1 fully saturated rings. The lowest BCUT2D eigenvalue weighted by molar-refractivity contribution is -0.137. The first-order valence-electron chi connectivity index (χ1n) is 7.73. The summed E-state index contributed by atoms with van der Waals surface area (Å²) in [6.07, 6.45) is 6.00. The van der Waals surface area contributed by atoms with Crippen LogP contribution in [-0.2, 0) is 14.3 Å². The van der Waals surface area contributed by atoms with Crippen LogP contribution in [0.25, 0.3) is 0 Å². The van der Waals surface area contributed by atoms with E-state index in [0.29, 0.717) is 26.1 Å². The largest absolute Gasteiger partial charge is 0.383 e. The Morgan fingerprint density at radius 1 is 1.29 bits per heavy atom. The lowest BCUT2D eigenvalue weighted by atomic mass is 9.71. The average Bonchev–Trinajstić information content (AvgIpc) is 2.48. The maximum atomic E-state index is 12.3. The predicted octanol–water partition coefficient (Wildman–Crippen LogP) is 0.507. The predicted molar refractivity (Wildman–Crippen MR) is 81.7 cm³/mol. The van der Waals surface area contributed by atoms with Crippen LogP contribution in [0.2, 0.25) is 0 Å². The summed E-state index contributed by atoms with van der Waals surface area (Å²) in [4.78, 5) is 25.5. The van der Waals surface area contributed by atoms with Crippen molar-refractivity contribution in [3.05, 3.63) is 0 Å². The van der Waals surface area contributed by atoms with E-state index in [9.17, 15) is 9.59 Å². The smallest absolute Gasteiger partial charge is 0.239 e. The number of ether oxygens (including phenoxy) is 1. The van der Waals surface area contributed by atoms with Gasteiger partial charge >= 0.3 is 0 Å². The van der Waals surface area contributed by atoms with Gasteiger partial charge in [-0.15, -0.1) is 0 Å². The van der Waals surface area contributed by atoms with Gasteiger partial charge in [-0.2, -0.15) is 0 Å². The maximum Gasteiger partial charge on any atom is 0.239 e. The minimum atomic E-state index is -0.159. The minimum Gasteiger partial charge on any atom is -0.383 e. The van der Waals surface area contributed by atoms with E-state index < -0.39 is 0 Å². The van der Waals surface area contributed by atoms with Gasteiger partial charge in [-0.1, -0.05) is 19.3 Å². The first kappa shape index (κ1) is 17.9. The highest BCUT2D eigenvalue weighted by Gasteiger charge is 2.34. The number of nitrogens with zero attached hydrogens (tertiary/aromatic N) is 1. The van der Waals surface area contributed by atoms with Crippen LogP contribution < -0.4 is 11.1 Å². The lowest BCUT2D eigenvalue weighted by Crippen LogP contribution is -2.43. The zero-order valence-electron chi connectivity index (χ0n) is 13.3. The molecule has 2 amide bonds. The molecule has 0 atom stereocenters. The average molecular weight is 299 g/mol. The van der Waals surface area contributed by atoms with Crippen LogP contribution in [0, 0.1) is 5.41 Å². The van der Waals surface area contributed by atoms with E-state index in [0.717, 1.165) is 25.7 Å². The Balaban J connectivity index is 2.40. The van der Waals surface area contributed by atoms with Crippen molar-refractivity contribution in [3.8, 4) is 0 Å². The standard InChI is InChI=1S/C15H29N3O3/c1-18(11-13(19)17-8-9-21-2)14(20)10-15(12-16)6-4-3-5-7-15/h3-12,16H2,1-2H3,(H,17,19). The van der Waals surface area contributed by atoms with Gasteiger partial charge in [0.15, 0.2) is 0 Å². The molecule has 0 aromatic carbocycles. The fraction of sp³-hybridized carbons (Fsp3) is 0.867. The molecule has 0 aromatic heterocycles. The third kappa shape index (κ3) is 6.01. The van der Waals surface area contributed by atoms with Crippen molar-refractivity contribution in [2.24, 2.45) is 11.1 Å². The Labute approximate surface area is 127 Å². The second-order valence-corrected chi connectivity index (χ2v) is 6.03. The summed E-state index contributed by atoms with van der Waals surface area (Å²) in [5, 5.41) is 2.71. The number of amides is 2. The number of rotatable bonds is 8. The second-order valence-electron chi connectivity index (χ2n) is 6.03. The highest BCUT2D eigenvalue weighted by atomic mass is 16.5. The highest BCUT2D eigenvalue weighted by Crippen LogP contribution is 2.38. The quantitative estimate of drug-likeness (QED) is 0.639. The zero-order chi connectivity index (χ0) is 15.7. The molecule has 122 valence electrons. The van der Waals surface area contributed by atoms with E-state index in [1.54, 1.807) is 14.2 Å². The van der Waals surface area contributed by atoms with Crippen molar-refractivity contribution in [2.75, 3.05) is 40.4 Å². The van der Waals surface area contributed by atoms with Crippen molar-refractivity contribution < 1.29 is 14.3 Å². The number of likely N-dealkylation sites (N-methyl/N-ethyl adjacent to an activating group) is 1. The van der Waals surface area contributed by atoms with E-state index in [4.69, 9.17) is 10.5 Å². The summed E-state index contributed by atoms with van der Waals surface area (Å²) in [7, 11) is 3.25. The summed E-state index contributed by atoms with van der Waals surface area (Å²) in [5.74, 6) is -0.155. The summed E-state index contributed by atoms with van der Waals surface area (Å²) in [5.41, 5.74) is 5.85. The molecular weight excluding hydrogens is 270 g/mol. The third-order valence-electron chi connectivity index (χ3n) is 4.31. The van der Waals surface area contributed by atoms with Crippen LogP contribution in [0.1, 0.15) is 38.5 Å². The molecule has 1 saturated carbocycles.